The van der Waals surface area contributed by atoms with Crippen molar-refractivity contribution < 1.29 is 24.9 Å². The third kappa shape index (κ3) is 1.81. The fourth-order valence-corrected chi connectivity index (χ4v) is 7.40. The molecule has 0 aliphatic heterocycles. The van der Waals surface area contributed by atoms with Crippen LogP contribution in [0.1, 0.15) is 52.4 Å². The fraction of sp³-hybridized carbons (Fsp3) is 0.800. The molecule has 0 saturated heterocycles. The van der Waals surface area contributed by atoms with Gasteiger partial charge in [0, 0.05) is 5.92 Å². The van der Waals surface area contributed by atoms with Crippen LogP contribution in [0, 0.1) is 34.0 Å². The van der Waals surface area contributed by atoms with Crippen LogP contribution in [0.4, 0.5) is 0 Å². The van der Waals surface area contributed by atoms with E-state index in [1.807, 2.05) is 6.92 Å². The smallest absolute Gasteiger partial charge is 0.309 e. The van der Waals surface area contributed by atoms with Crippen LogP contribution in [0.3, 0.4) is 0 Å². The van der Waals surface area contributed by atoms with Gasteiger partial charge in [0.05, 0.1) is 23.0 Å². The van der Waals surface area contributed by atoms with Crippen LogP contribution in [-0.2, 0) is 9.59 Å². The molecule has 8 atom stereocenters. The van der Waals surface area contributed by atoms with Gasteiger partial charge in [-0.25, -0.2) is 0 Å². The van der Waals surface area contributed by atoms with Gasteiger partial charge in [-0.15, -0.1) is 0 Å². The van der Waals surface area contributed by atoms with Crippen molar-refractivity contribution in [2.75, 3.05) is 0 Å². The summed E-state index contributed by atoms with van der Waals surface area (Å²) >= 11 is 0. The average Bonchev–Trinajstić information content (AvgIpc) is 2.72. The normalized spacial score (nSPS) is 54.8. The first-order chi connectivity index (χ1) is 11.6. The van der Waals surface area contributed by atoms with Gasteiger partial charge in [0.2, 0.25) is 0 Å². The van der Waals surface area contributed by atoms with Gasteiger partial charge < -0.3 is 15.3 Å². The molecule has 4 aliphatic carbocycles. The summed E-state index contributed by atoms with van der Waals surface area (Å²) < 4.78 is 0. The van der Waals surface area contributed by atoms with Crippen LogP contribution >= 0.6 is 0 Å². The summed E-state index contributed by atoms with van der Waals surface area (Å²) in [7, 11) is 0. The zero-order valence-electron chi connectivity index (χ0n) is 15.0. The molecule has 0 aromatic rings. The topological polar surface area (TPSA) is 94.8 Å². The molecule has 4 saturated carbocycles. The Morgan fingerprint density at radius 2 is 1.88 bits per heavy atom. The van der Waals surface area contributed by atoms with E-state index in [9.17, 15) is 24.9 Å². The molecule has 0 aromatic carbocycles. The maximum Gasteiger partial charge on any atom is 0.309 e. The van der Waals surface area contributed by atoms with Crippen molar-refractivity contribution in [1.29, 1.82) is 0 Å². The number of aliphatic carboxylic acids is 1. The Kier molecular flexibility index (Phi) is 3.41. The molecule has 4 aliphatic rings. The maximum atomic E-state index is 13.1. The number of hydrogen-bond donors (Lipinski definition) is 3. The SMILES string of the molecule is C=C1C(=O)[C@]23C[C@H]1C[C@H](O)[C@H]2[C@]1(C)CCC[C@@](C)(C(=O)O)[C@H]1C[C@H]3O. The Bertz CT molecular complexity index is 671. The van der Waals surface area contributed by atoms with E-state index in [0.717, 1.165) is 12.8 Å². The van der Waals surface area contributed by atoms with Crippen LogP contribution in [0.5, 0.6) is 0 Å². The quantitative estimate of drug-likeness (QED) is 0.631. The number of rotatable bonds is 1. The van der Waals surface area contributed by atoms with Gasteiger partial charge in [-0.2, -0.15) is 0 Å². The first-order valence-corrected chi connectivity index (χ1v) is 9.42. The molecule has 0 amide bonds. The molecular weight excluding hydrogens is 320 g/mol. The number of aliphatic hydroxyl groups excluding tert-OH is 2. The summed E-state index contributed by atoms with van der Waals surface area (Å²) in [5.41, 5.74) is -1.82. The molecule has 4 fully saturated rings. The zero-order valence-corrected chi connectivity index (χ0v) is 15.0. The molecule has 3 N–H and O–H groups in total. The van der Waals surface area contributed by atoms with Crippen molar-refractivity contribution in [1.82, 2.24) is 0 Å². The summed E-state index contributed by atoms with van der Waals surface area (Å²) in [6.07, 6.45) is 1.90. The maximum absolute atomic E-state index is 13.1. The Morgan fingerprint density at radius 1 is 1.20 bits per heavy atom. The van der Waals surface area contributed by atoms with Gasteiger partial charge >= 0.3 is 5.97 Å². The van der Waals surface area contributed by atoms with Crippen molar-refractivity contribution in [3.63, 3.8) is 0 Å². The number of Topliss-reactive ketones (excluding diaryl/α,β-unsaturated/α-hetero) is 1. The third-order valence-electron chi connectivity index (χ3n) is 8.49. The first kappa shape index (κ1) is 17.2. The average molecular weight is 348 g/mol. The molecule has 0 unspecified atom stereocenters. The number of ketones is 1. The molecule has 5 nitrogen and oxygen atoms in total. The van der Waals surface area contributed by atoms with Gasteiger partial charge in [0.1, 0.15) is 0 Å². The van der Waals surface area contributed by atoms with Crippen LogP contribution in [0.25, 0.3) is 0 Å². The van der Waals surface area contributed by atoms with Crippen LogP contribution in [0.15, 0.2) is 12.2 Å². The van der Waals surface area contributed by atoms with E-state index in [1.165, 1.54) is 0 Å². The number of carboxylic acid groups (broad SMARTS) is 1. The minimum atomic E-state index is -0.971. The molecule has 5 heteroatoms. The fourth-order valence-electron chi connectivity index (χ4n) is 7.40. The lowest BCUT2D eigenvalue weighted by molar-refractivity contribution is -0.227. The molecule has 0 radical (unpaired) electrons. The number of carbonyl (C=O) groups is 2. The Balaban J connectivity index is 1.88. The van der Waals surface area contributed by atoms with Crippen molar-refractivity contribution >= 4 is 11.8 Å². The van der Waals surface area contributed by atoms with Gasteiger partial charge in [-0.05, 0) is 61.9 Å². The number of hydrogen-bond acceptors (Lipinski definition) is 4. The third-order valence-corrected chi connectivity index (χ3v) is 8.49. The van der Waals surface area contributed by atoms with Crippen molar-refractivity contribution in [2.45, 2.75) is 64.6 Å². The minimum Gasteiger partial charge on any atom is -0.481 e. The molecule has 0 aromatic heterocycles. The summed E-state index contributed by atoms with van der Waals surface area (Å²) in [4.78, 5) is 25.2. The van der Waals surface area contributed by atoms with Crippen molar-refractivity contribution in [3.05, 3.63) is 12.2 Å². The zero-order chi connectivity index (χ0) is 18.4. The lowest BCUT2D eigenvalue weighted by atomic mass is 9.39. The highest BCUT2D eigenvalue weighted by Crippen LogP contribution is 2.71. The van der Waals surface area contributed by atoms with Crippen LogP contribution in [-0.4, -0.2) is 39.3 Å². The molecule has 138 valence electrons. The molecular formula is C20H28O5. The number of fused-ring (bicyclic) bond motifs is 3. The van der Waals surface area contributed by atoms with Crippen molar-refractivity contribution in [3.8, 4) is 0 Å². The van der Waals surface area contributed by atoms with Gasteiger partial charge in [0.25, 0.3) is 0 Å². The van der Waals surface area contributed by atoms with Gasteiger partial charge in [-0.1, -0.05) is 19.9 Å². The summed E-state index contributed by atoms with van der Waals surface area (Å²) in [6, 6.07) is 0. The first-order valence-electron chi connectivity index (χ1n) is 9.42. The molecule has 25 heavy (non-hydrogen) atoms. The Labute approximate surface area is 148 Å². The van der Waals surface area contributed by atoms with E-state index in [0.29, 0.717) is 31.3 Å². The summed E-state index contributed by atoms with van der Waals surface area (Å²) in [5.74, 6) is -1.62. The van der Waals surface area contributed by atoms with E-state index in [2.05, 4.69) is 6.58 Å². The van der Waals surface area contributed by atoms with E-state index in [1.54, 1.807) is 6.92 Å². The number of carboxylic acids is 1. The van der Waals surface area contributed by atoms with Crippen LogP contribution < -0.4 is 0 Å². The second-order valence-electron chi connectivity index (χ2n) is 9.46. The molecule has 1 spiro atoms. The predicted molar refractivity (Wildman–Crippen MR) is 90.6 cm³/mol. The van der Waals surface area contributed by atoms with Crippen molar-refractivity contribution in [2.24, 2.45) is 34.0 Å². The van der Waals surface area contributed by atoms with E-state index < -0.39 is 40.3 Å². The monoisotopic (exact) mass is 348 g/mol. The predicted octanol–water partition coefficient (Wildman–Crippen LogP) is 2.16. The summed E-state index contributed by atoms with van der Waals surface area (Å²) in [6.45, 7) is 7.77. The van der Waals surface area contributed by atoms with Gasteiger partial charge in [0.15, 0.2) is 5.78 Å². The highest BCUT2D eigenvalue weighted by molar-refractivity contribution is 6.03. The summed E-state index contributed by atoms with van der Waals surface area (Å²) in [5, 5.41) is 32.0. The number of allylic oxidation sites excluding steroid dienone is 1. The van der Waals surface area contributed by atoms with E-state index >= 15 is 0 Å². The number of aliphatic hydroxyl groups is 2. The highest BCUT2D eigenvalue weighted by Gasteiger charge is 2.73. The second kappa shape index (κ2) is 4.95. The van der Waals surface area contributed by atoms with E-state index in [-0.39, 0.29) is 17.6 Å². The Hall–Kier alpha value is -1.20. The minimum absolute atomic E-state index is 0.0528. The standard InChI is InChI=1S/C20H28O5/c1-10-11-7-12(21)15-18(2)5-4-6-19(3,17(24)25)13(18)8-14(22)20(15,9-11)16(10)23/h11-15,21-22H,1,4-9H2,2-3H3,(H,24,25)/t11-,12+,13+,14-,15+,18-,19-,20+/m1/s1. The molecule has 0 heterocycles. The lowest BCUT2D eigenvalue weighted by Gasteiger charge is -2.64. The Morgan fingerprint density at radius 3 is 2.52 bits per heavy atom. The molecule has 2 bridgehead atoms. The van der Waals surface area contributed by atoms with Gasteiger partial charge in [-0.3, -0.25) is 9.59 Å². The highest BCUT2D eigenvalue weighted by atomic mass is 16.4. The van der Waals surface area contributed by atoms with E-state index in [4.69, 9.17) is 0 Å². The molecule has 4 rings (SSSR count). The lowest BCUT2D eigenvalue weighted by Crippen LogP contribution is -2.67. The largest absolute Gasteiger partial charge is 0.481 e. The number of carbonyl (C=O) groups excluding carboxylic acids is 1. The second-order valence-corrected chi connectivity index (χ2v) is 9.46. The van der Waals surface area contributed by atoms with Crippen LogP contribution in [0.2, 0.25) is 0 Å².